The minimum absolute atomic E-state index is 0.356. The van der Waals surface area contributed by atoms with Crippen molar-refractivity contribution in [3.05, 3.63) is 12.7 Å². The van der Waals surface area contributed by atoms with Crippen molar-refractivity contribution in [3.63, 3.8) is 0 Å². The van der Waals surface area contributed by atoms with Crippen molar-refractivity contribution in [3.8, 4) is 0 Å². The van der Waals surface area contributed by atoms with Crippen LogP contribution in [0.25, 0.3) is 0 Å². The molecule has 4 nitrogen and oxygen atoms in total. The third-order valence-electron chi connectivity index (χ3n) is 4.02. The Hall–Kier alpha value is -0.203. The SMILES string of the molecule is C=CCC1COC2(OC1)OCC(CCC[Si](C)(C)C)CO2. The van der Waals surface area contributed by atoms with E-state index in [0.29, 0.717) is 38.3 Å². The smallest absolute Gasteiger partial charge is 0.303 e. The topological polar surface area (TPSA) is 36.9 Å². The van der Waals surface area contributed by atoms with Gasteiger partial charge in [0, 0.05) is 19.9 Å². The first-order valence-electron chi connectivity index (χ1n) is 8.09. The number of rotatable bonds is 6. The molecule has 1 spiro atoms. The lowest BCUT2D eigenvalue weighted by Crippen LogP contribution is -2.53. The van der Waals surface area contributed by atoms with E-state index in [1.54, 1.807) is 0 Å². The molecule has 5 heteroatoms. The lowest BCUT2D eigenvalue weighted by molar-refractivity contribution is -0.534. The van der Waals surface area contributed by atoms with Crippen molar-refractivity contribution < 1.29 is 18.9 Å². The summed E-state index contributed by atoms with van der Waals surface area (Å²) < 4.78 is 22.8. The molecule has 21 heavy (non-hydrogen) atoms. The van der Waals surface area contributed by atoms with E-state index < -0.39 is 14.2 Å². The van der Waals surface area contributed by atoms with Crippen LogP contribution in [0.3, 0.4) is 0 Å². The fourth-order valence-electron chi connectivity index (χ4n) is 2.69. The van der Waals surface area contributed by atoms with Crippen molar-refractivity contribution in [1.29, 1.82) is 0 Å². The molecule has 2 saturated heterocycles. The van der Waals surface area contributed by atoms with Crippen LogP contribution in [0.4, 0.5) is 0 Å². The Morgan fingerprint density at radius 2 is 1.52 bits per heavy atom. The predicted octanol–water partition coefficient (Wildman–Crippen LogP) is 3.62. The molecule has 0 radical (unpaired) electrons. The van der Waals surface area contributed by atoms with E-state index in [0.717, 1.165) is 6.42 Å². The summed E-state index contributed by atoms with van der Waals surface area (Å²) in [7, 11) is -0.935. The third-order valence-corrected chi connectivity index (χ3v) is 5.88. The fraction of sp³-hybridized carbons (Fsp3) is 0.875. The van der Waals surface area contributed by atoms with Crippen molar-refractivity contribution in [2.75, 3.05) is 26.4 Å². The van der Waals surface area contributed by atoms with Crippen LogP contribution in [0.15, 0.2) is 12.7 Å². The highest BCUT2D eigenvalue weighted by molar-refractivity contribution is 6.76. The van der Waals surface area contributed by atoms with Crippen molar-refractivity contribution in [1.82, 2.24) is 0 Å². The van der Waals surface area contributed by atoms with Crippen LogP contribution in [0.5, 0.6) is 0 Å². The molecule has 0 unspecified atom stereocenters. The highest BCUT2D eigenvalue weighted by Crippen LogP contribution is 2.31. The summed E-state index contributed by atoms with van der Waals surface area (Å²) in [5.41, 5.74) is 0. The monoisotopic (exact) mass is 314 g/mol. The van der Waals surface area contributed by atoms with E-state index in [1.165, 1.54) is 18.9 Å². The third kappa shape index (κ3) is 5.49. The lowest BCUT2D eigenvalue weighted by atomic mass is 10.1. The normalized spacial score (nSPS) is 34.0. The molecule has 2 rings (SSSR count). The molecule has 0 N–H and O–H groups in total. The molecule has 122 valence electrons. The number of hydrogen-bond donors (Lipinski definition) is 0. The Bertz CT molecular complexity index is 322. The van der Waals surface area contributed by atoms with Crippen molar-refractivity contribution in [2.24, 2.45) is 11.8 Å². The Morgan fingerprint density at radius 3 is 2.00 bits per heavy atom. The second kappa shape index (κ2) is 7.37. The number of allylic oxidation sites excluding steroid dienone is 1. The van der Waals surface area contributed by atoms with E-state index >= 15 is 0 Å². The van der Waals surface area contributed by atoms with E-state index in [9.17, 15) is 0 Å². The van der Waals surface area contributed by atoms with Crippen LogP contribution < -0.4 is 0 Å². The van der Waals surface area contributed by atoms with Gasteiger partial charge in [-0.2, -0.15) is 0 Å². The van der Waals surface area contributed by atoms with Crippen LogP contribution >= 0.6 is 0 Å². The summed E-state index contributed by atoms with van der Waals surface area (Å²) in [6, 6.07) is 1.37. The first kappa shape index (κ1) is 17.2. The van der Waals surface area contributed by atoms with Crippen LogP contribution in [0.1, 0.15) is 19.3 Å². The molecular formula is C16H30O4Si. The van der Waals surface area contributed by atoms with Crippen LogP contribution in [-0.2, 0) is 18.9 Å². The Balaban J connectivity index is 1.67. The minimum atomic E-state index is -1.23. The summed E-state index contributed by atoms with van der Waals surface area (Å²) in [6.07, 6.45) is 4.00. The average molecular weight is 314 g/mol. The van der Waals surface area contributed by atoms with Gasteiger partial charge in [0.1, 0.15) is 0 Å². The lowest BCUT2D eigenvalue weighted by Gasteiger charge is -2.42. The molecule has 0 bridgehead atoms. The van der Waals surface area contributed by atoms with E-state index in [-0.39, 0.29) is 0 Å². The zero-order valence-electron chi connectivity index (χ0n) is 13.7. The molecule has 0 aromatic heterocycles. The van der Waals surface area contributed by atoms with Crippen LogP contribution in [0.2, 0.25) is 25.7 Å². The standard InChI is InChI=1S/C16H30O4Si/c1-5-7-14-10-17-16(18-11-14)19-12-15(13-20-16)8-6-9-21(2,3)4/h5,14-15H,1,6-13H2,2-4H3. The van der Waals surface area contributed by atoms with E-state index in [1.807, 2.05) is 6.08 Å². The Morgan fingerprint density at radius 1 is 1.00 bits per heavy atom. The zero-order chi connectivity index (χ0) is 15.3. The van der Waals surface area contributed by atoms with E-state index in [2.05, 4.69) is 26.2 Å². The minimum Gasteiger partial charge on any atom is -0.303 e. The quantitative estimate of drug-likeness (QED) is 0.554. The highest BCUT2D eigenvalue weighted by atomic mass is 28.3. The number of ether oxygens (including phenoxy) is 4. The molecule has 2 aliphatic heterocycles. The van der Waals surface area contributed by atoms with Crippen molar-refractivity contribution in [2.45, 2.75) is 51.1 Å². The average Bonchev–Trinajstić information content (AvgIpc) is 2.43. The summed E-state index contributed by atoms with van der Waals surface area (Å²) in [5, 5.41) is 0. The van der Waals surface area contributed by atoms with Gasteiger partial charge in [-0.25, -0.2) is 0 Å². The van der Waals surface area contributed by atoms with Gasteiger partial charge in [-0.05, 0) is 12.8 Å². The molecule has 0 aliphatic carbocycles. The summed E-state index contributed by atoms with van der Waals surface area (Å²) in [6.45, 7) is 13.5. The molecule has 0 amide bonds. The van der Waals surface area contributed by atoms with Crippen LogP contribution in [0, 0.1) is 11.8 Å². The largest absolute Gasteiger partial charge is 0.412 e. The van der Waals surface area contributed by atoms with Gasteiger partial charge in [0.15, 0.2) is 0 Å². The molecule has 2 fully saturated rings. The van der Waals surface area contributed by atoms with Gasteiger partial charge in [0.05, 0.1) is 26.4 Å². The Labute approximate surface area is 129 Å². The molecule has 0 atom stereocenters. The maximum atomic E-state index is 5.75. The highest BCUT2D eigenvalue weighted by Gasteiger charge is 2.44. The summed E-state index contributed by atoms with van der Waals surface area (Å²) in [5.74, 6) is 0.819. The van der Waals surface area contributed by atoms with Gasteiger partial charge in [-0.15, -0.1) is 6.58 Å². The van der Waals surface area contributed by atoms with E-state index in [4.69, 9.17) is 18.9 Å². The molecule has 2 aliphatic rings. The number of hydrogen-bond acceptors (Lipinski definition) is 4. The van der Waals surface area contributed by atoms with Crippen LogP contribution in [-0.4, -0.2) is 40.7 Å². The van der Waals surface area contributed by atoms with Gasteiger partial charge >= 0.3 is 6.16 Å². The summed E-state index contributed by atoms with van der Waals surface area (Å²) >= 11 is 0. The van der Waals surface area contributed by atoms with Crippen molar-refractivity contribution >= 4 is 8.07 Å². The first-order chi connectivity index (χ1) is 9.92. The maximum Gasteiger partial charge on any atom is 0.412 e. The van der Waals surface area contributed by atoms with Gasteiger partial charge < -0.3 is 18.9 Å². The Kier molecular flexibility index (Phi) is 6.02. The fourth-order valence-corrected chi connectivity index (χ4v) is 3.95. The molecule has 0 saturated carbocycles. The van der Waals surface area contributed by atoms with Gasteiger partial charge in [0.2, 0.25) is 0 Å². The molecule has 0 aromatic rings. The zero-order valence-corrected chi connectivity index (χ0v) is 14.7. The second-order valence-electron chi connectivity index (χ2n) is 7.45. The predicted molar refractivity (Wildman–Crippen MR) is 85.7 cm³/mol. The summed E-state index contributed by atoms with van der Waals surface area (Å²) in [4.78, 5) is 0. The maximum absolute atomic E-state index is 5.75. The molecule has 2 heterocycles. The molecule has 0 aromatic carbocycles. The van der Waals surface area contributed by atoms with Gasteiger partial charge in [0.25, 0.3) is 0 Å². The van der Waals surface area contributed by atoms with Gasteiger partial charge in [-0.3, -0.25) is 0 Å². The van der Waals surface area contributed by atoms with Gasteiger partial charge in [-0.1, -0.05) is 38.2 Å². The first-order valence-corrected chi connectivity index (χ1v) is 11.8. The second-order valence-corrected chi connectivity index (χ2v) is 13.1. The molecular weight excluding hydrogens is 284 g/mol.